The summed E-state index contributed by atoms with van der Waals surface area (Å²) < 4.78 is 16.0. The minimum atomic E-state index is -0.843. The minimum Gasteiger partial charge on any atom is -0.497 e. The van der Waals surface area contributed by atoms with Crippen LogP contribution in [-0.4, -0.2) is 35.2 Å². The van der Waals surface area contributed by atoms with Crippen LogP contribution < -0.4 is 10.1 Å². The van der Waals surface area contributed by atoms with E-state index in [9.17, 15) is 14.9 Å². The molecule has 0 fully saturated rings. The first kappa shape index (κ1) is 19.8. The molecule has 1 heterocycles. The van der Waals surface area contributed by atoms with Crippen LogP contribution in [0.25, 0.3) is 11.5 Å². The van der Waals surface area contributed by atoms with Crippen LogP contribution in [0.4, 0.5) is 11.4 Å². The predicted molar refractivity (Wildman–Crippen MR) is 103 cm³/mol. The number of hydrogen-bond acceptors (Lipinski definition) is 9. The molecule has 0 bridgehead atoms. The molecule has 29 heavy (non-hydrogen) atoms. The molecule has 150 valence electrons. The number of rotatable bonds is 7. The second-order valence-electron chi connectivity index (χ2n) is 5.96. The molecule has 2 aromatic carbocycles. The summed E-state index contributed by atoms with van der Waals surface area (Å²) >= 11 is 0. The van der Waals surface area contributed by atoms with Crippen LogP contribution >= 0.6 is 0 Å². The van der Waals surface area contributed by atoms with E-state index >= 15 is 0 Å². The van der Waals surface area contributed by atoms with E-state index in [1.807, 2.05) is 0 Å². The maximum absolute atomic E-state index is 12.4. The molecule has 0 saturated heterocycles. The number of nitrogens with one attached hydrogen (secondary N) is 1. The predicted octanol–water partition coefficient (Wildman–Crippen LogP) is 3.61. The van der Waals surface area contributed by atoms with Crippen molar-refractivity contribution >= 4 is 17.3 Å². The highest BCUT2D eigenvalue weighted by atomic mass is 16.6. The summed E-state index contributed by atoms with van der Waals surface area (Å²) in [6, 6.07) is 11.1. The Kier molecular flexibility index (Phi) is 5.72. The summed E-state index contributed by atoms with van der Waals surface area (Å²) in [5.74, 6) is 0.312. The Bertz CT molecular complexity index is 1030. The van der Waals surface area contributed by atoms with Gasteiger partial charge in [0.2, 0.25) is 5.89 Å². The van der Waals surface area contributed by atoms with Crippen molar-refractivity contribution in [1.82, 2.24) is 10.2 Å². The Morgan fingerprint density at radius 3 is 2.55 bits per heavy atom. The van der Waals surface area contributed by atoms with E-state index in [0.29, 0.717) is 17.0 Å². The van der Waals surface area contributed by atoms with E-state index in [1.165, 1.54) is 12.1 Å². The van der Waals surface area contributed by atoms with Crippen molar-refractivity contribution in [1.29, 1.82) is 0 Å². The highest BCUT2D eigenvalue weighted by Crippen LogP contribution is 2.27. The second kappa shape index (κ2) is 8.38. The van der Waals surface area contributed by atoms with E-state index in [2.05, 4.69) is 15.5 Å². The molecule has 10 heteroatoms. The Labute approximate surface area is 165 Å². The van der Waals surface area contributed by atoms with Crippen molar-refractivity contribution in [2.45, 2.75) is 13.0 Å². The van der Waals surface area contributed by atoms with Crippen LogP contribution in [0.1, 0.15) is 29.3 Å². The molecule has 0 radical (unpaired) electrons. The van der Waals surface area contributed by atoms with Gasteiger partial charge in [0.25, 0.3) is 11.6 Å². The number of nitro benzene ring substituents is 1. The number of anilines is 1. The lowest BCUT2D eigenvalue weighted by Gasteiger charge is -2.10. The van der Waals surface area contributed by atoms with E-state index in [0.717, 1.165) is 6.07 Å². The smallest absolute Gasteiger partial charge is 0.339 e. The quantitative estimate of drug-likeness (QED) is 0.360. The minimum absolute atomic E-state index is 0.0393. The van der Waals surface area contributed by atoms with Crippen molar-refractivity contribution in [3.63, 3.8) is 0 Å². The zero-order valence-corrected chi connectivity index (χ0v) is 15.9. The monoisotopic (exact) mass is 398 g/mol. The molecule has 3 rings (SSSR count). The number of nitrogens with zero attached hydrogens (tertiary/aromatic N) is 3. The highest BCUT2D eigenvalue weighted by molar-refractivity contribution is 5.91. The van der Waals surface area contributed by atoms with E-state index in [1.54, 1.807) is 45.3 Å². The summed E-state index contributed by atoms with van der Waals surface area (Å²) in [5, 5.41) is 21.7. The first-order valence-electron chi connectivity index (χ1n) is 8.58. The fraction of sp³-hybridized carbons (Fsp3) is 0.211. The number of benzene rings is 2. The number of carbonyl (C=O) groups is 1. The topological polar surface area (TPSA) is 130 Å². The first-order valence-corrected chi connectivity index (χ1v) is 8.58. The molecule has 1 N–H and O–H groups in total. The number of esters is 1. The molecule has 3 aromatic rings. The van der Waals surface area contributed by atoms with Crippen LogP contribution in [-0.2, 0) is 4.74 Å². The van der Waals surface area contributed by atoms with Crippen LogP contribution in [0.5, 0.6) is 5.75 Å². The number of carbonyl (C=O) groups excluding carboxylic acids is 1. The van der Waals surface area contributed by atoms with E-state index in [4.69, 9.17) is 13.9 Å². The average Bonchev–Trinajstić information content (AvgIpc) is 3.23. The van der Waals surface area contributed by atoms with Crippen molar-refractivity contribution in [3.8, 4) is 17.2 Å². The third kappa shape index (κ3) is 4.32. The molecule has 0 saturated carbocycles. The van der Waals surface area contributed by atoms with Gasteiger partial charge < -0.3 is 19.2 Å². The number of aromatic nitrogens is 2. The van der Waals surface area contributed by atoms with Crippen molar-refractivity contribution in [3.05, 3.63) is 64.0 Å². The van der Waals surface area contributed by atoms with Gasteiger partial charge >= 0.3 is 5.97 Å². The molecular formula is C19H18N4O6. The zero-order chi connectivity index (χ0) is 21.0. The van der Waals surface area contributed by atoms with Crippen LogP contribution in [0.3, 0.4) is 0 Å². The van der Waals surface area contributed by atoms with Gasteiger partial charge in [-0.3, -0.25) is 10.1 Å². The van der Waals surface area contributed by atoms with Crippen molar-refractivity contribution in [2.75, 3.05) is 19.5 Å². The maximum atomic E-state index is 12.4. The van der Waals surface area contributed by atoms with Gasteiger partial charge in [-0.25, -0.2) is 4.79 Å². The van der Waals surface area contributed by atoms with Gasteiger partial charge in [-0.2, -0.15) is 0 Å². The number of hydrogen-bond donors (Lipinski definition) is 1. The van der Waals surface area contributed by atoms with Gasteiger partial charge in [0.05, 0.1) is 17.6 Å². The summed E-state index contributed by atoms with van der Waals surface area (Å²) in [4.78, 5) is 23.0. The fourth-order valence-electron chi connectivity index (χ4n) is 2.55. The zero-order valence-electron chi connectivity index (χ0n) is 15.9. The van der Waals surface area contributed by atoms with Crippen LogP contribution in [0.15, 0.2) is 46.9 Å². The van der Waals surface area contributed by atoms with Gasteiger partial charge in [-0.15, -0.1) is 10.2 Å². The largest absolute Gasteiger partial charge is 0.497 e. The highest BCUT2D eigenvalue weighted by Gasteiger charge is 2.22. The van der Waals surface area contributed by atoms with Gasteiger partial charge in [-0.05, 0) is 43.3 Å². The molecule has 0 aliphatic rings. The standard InChI is InChI=1S/C19H18N4O6/c1-11(17-21-22-18(29-17)12-4-7-14(27-3)8-5-12)28-19(24)13-6-9-15(20-2)16(10-13)23(25)26/h4-11,20H,1-3H3/t11-/m0/s1. The first-order chi connectivity index (χ1) is 13.9. The molecule has 1 atom stereocenters. The lowest BCUT2D eigenvalue weighted by molar-refractivity contribution is -0.384. The lowest BCUT2D eigenvalue weighted by atomic mass is 10.1. The molecule has 0 aliphatic heterocycles. The number of methoxy groups -OCH3 is 1. The average molecular weight is 398 g/mol. The Balaban J connectivity index is 1.74. The second-order valence-corrected chi connectivity index (χ2v) is 5.96. The number of ether oxygens (including phenoxy) is 2. The molecular weight excluding hydrogens is 380 g/mol. The summed E-state index contributed by atoms with van der Waals surface area (Å²) in [6.07, 6.45) is -0.843. The maximum Gasteiger partial charge on any atom is 0.339 e. The summed E-state index contributed by atoms with van der Waals surface area (Å²) in [7, 11) is 3.12. The van der Waals surface area contributed by atoms with Gasteiger partial charge in [0.1, 0.15) is 11.4 Å². The van der Waals surface area contributed by atoms with Gasteiger partial charge in [0, 0.05) is 18.7 Å². The van der Waals surface area contributed by atoms with Crippen LogP contribution in [0, 0.1) is 10.1 Å². The SMILES string of the molecule is CNc1ccc(C(=O)O[C@@H](C)c2nnc(-c3ccc(OC)cc3)o2)cc1[N+](=O)[O-]. The fourth-order valence-corrected chi connectivity index (χ4v) is 2.55. The molecule has 0 spiro atoms. The summed E-state index contributed by atoms with van der Waals surface area (Å²) in [6.45, 7) is 1.57. The van der Waals surface area contributed by atoms with E-state index in [-0.39, 0.29) is 23.0 Å². The number of nitro groups is 1. The third-order valence-corrected chi connectivity index (χ3v) is 4.11. The normalized spacial score (nSPS) is 11.6. The Morgan fingerprint density at radius 1 is 1.21 bits per heavy atom. The van der Waals surface area contributed by atoms with Crippen LogP contribution in [0.2, 0.25) is 0 Å². The Hall–Kier alpha value is -3.95. The van der Waals surface area contributed by atoms with Crippen molar-refractivity contribution < 1.29 is 23.6 Å². The molecule has 0 unspecified atom stereocenters. The van der Waals surface area contributed by atoms with Gasteiger partial charge in [0.15, 0.2) is 6.10 Å². The van der Waals surface area contributed by atoms with Crippen molar-refractivity contribution in [2.24, 2.45) is 0 Å². The summed E-state index contributed by atoms with van der Waals surface area (Å²) in [5.41, 5.74) is 0.786. The molecule has 1 aromatic heterocycles. The van der Waals surface area contributed by atoms with Gasteiger partial charge in [-0.1, -0.05) is 0 Å². The molecule has 0 amide bonds. The Morgan fingerprint density at radius 2 is 1.93 bits per heavy atom. The molecule has 0 aliphatic carbocycles. The van der Waals surface area contributed by atoms with E-state index < -0.39 is 17.0 Å². The molecule has 10 nitrogen and oxygen atoms in total. The third-order valence-electron chi connectivity index (χ3n) is 4.11. The lowest BCUT2D eigenvalue weighted by Crippen LogP contribution is -2.10.